The van der Waals surface area contributed by atoms with Gasteiger partial charge in [-0.15, -0.1) is 0 Å². The van der Waals surface area contributed by atoms with Gasteiger partial charge in [-0.05, 0) is 24.5 Å². The van der Waals surface area contributed by atoms with E-state index in [1.165, 1.54) is 12.8 Å². The van der Waals surface area contributed by atoms with Crippen molar-refractivity contribution in [1.29, 1.82) is 0 Å². The van der Waals surface area contributed by atoms with Crippen molar-refractivity contribution < 1.29 is 9.47 Å². The van der Waals surface area contributed by atoms with Gasteiger partial charge < -0.3 is 14.5 Å². The molecule has 1 aliphatic rings. The lowest BCUT2D eigenvalue weighted by atomic mass is 10.0. The summed E-state index contributed by atoms with van der Waals surface area (Å²) in [4.78, 5) is 14.6. The number of hydrogen-bond acceptors (Lipinski definition) is 3. The second kappa shape index (κ2) is 4.96. The third-order valence-corrected chi connectivity index (χ3v) is 3.47. The number of pyridine rings is 1. The second-order valence-electron chi connectivity index (χ2n) is 4.87. The molecule has 1 aromatic carbocycles. The molecule has 2 heterocycles. The van der Waals surface area contributed by atoms with Crippen LogP contribution in [0.1, 0.15) is 31.7 Å². The van der Waals surface area contributed by atoms with E-state index < -0.39 is 0 Å². The molecule has 0 unspecified atom stereocenters. The van der Waals surface area contributed by atoms with Gasteiger partial charge in [-0.25, -0.2) is 0 Å². The molecule has 4 heteroatoms. The largest absolute Gasteiger partial charge is 0.454 e. The van der Waals surface area contributed by atoms with Crippen LogP contribution in [0, 0.1) is 0 Å². The molecule has 0 spiro atoms. The number of unbranched alkanes of at least 4 members (excludes halogenated alkanes) is 2. The molecular formula is C15H17NO3. The number of ether oxygens (including phenoxy) is 2. The first-order valence-electron chi connectivity index (χ1n) is 6.73. The van der Waals surface area contributed by atoms with Gasteiger partial charge in [0.25, 0.3) is 0 Å². The van der Waals surface area contributed by atoms with E-state index in [9.17, 15) is 4.79 Å². The van der Waals surface area contributed by atoms with Crippen LogP contribution in [0.3, 0.4) is 0 Å². The number of aromatic nitrogens is 1. The van der Waals surface area contributed by atoms with Crippen molar-refractivity contribution in [2.75, 3.05) is 6.79 Å². The summed E-state index contributed by atoms with van der Waals surface area (Å²) in [7, 11) is 0. The van der Waals surface area contributed by atoms with E-state index >= 15 is 0 Å². The lowest BCUT2D eigenvalue weighted by molar-refractivity contribution is 0.174. The average molecular weight is 259 g/mol. The van der Waals surface area contributed by atoms with Gasteiger partial charge in [-0.1, -0.05) is 19.8 Å². The van der Waals surface area contributed by atoms with Crippen LogP contribution in [0.4, 0.5) is 0 Å². The summed E-state index contributed by atoms with van der Waals surface area (Å²) in [6, 6.07) is 5.51. The van der Waals surface area contributed by atoms with Crippen LogP contribution in [-0.2, 0) is 6.42 Å². The molecule has 19 heavy (non-hydrogen) atoms. The van der Waals surface area contributed by atoms with Crippen LogP contribution in [-0.4, -0.2) is 11.8 Å². The Bertz CT molecular complexity index is 660. The molecule has 0 amide bonds. The fourth-order valence-corrected chi connectivity index (χ4v) is 2.49. The molecule has 0 atom stereocenters. The smallest absolute Gasteiger partial charge is 0.248 e. The van der Waals surface area contributed by atoms with Gasteiger partial charge in [0.1, 0.15) is 0 Å². The number of benzene rings is 1. The molecule has 0 fully saturated rings. The quantitative estimate of drug-likeness (QED) is 0.859. The zero-order chi connectivity index (χ0) is 13.2. The number of aromatic amines is 1. The van der Waals surface area contributed by atoms with Crippen LogP contribution in [0.5, 0.6) is 11.5 Å². The minimum absolute atomic E-state index is 0.0575. The summed E-state index contributed by atoms with van der Waals surface area (Å²) in [6.07, 6.45) is 4.38. The highest BCUT2D eigenvalue weighted by atomic mass is 16.7. The standard InChI is InChI=1S/C15H17NO3/c1-2-3-4-5-10-6-15(17)16-12-8-14-13(7-11(10)12)18-9-19-14/h6-8H,2-5,9H2,1H3,(H,16,17). The molecule has 1 aliphatic heterocycles. The second-order valence-corrected chi connectivity index (χ2v) is 4.87. The molecule has 0 saturated carbocycles. The molecule has 100 valence electrons. The summed E-state index contributed by atoms with van der Waals surface area (Å²) < 4.78 is 10.7. The zero-order valence-corrected chi connectivity index (χ0v) is 11.0. The first-order valence-corrected chi connectivity index (χ1v) is 6.73. The molecule has 0 bridgehead atoms. The van der Waals surface area contributed by atoms with Crippen LogP contribution >= 0.6 is 0 Å². The maximum Gasteiger partial charge on any atom is 0.248 e. The number of rotatable bonds is 4. The Hall–Kier alpha value is -1.97. The third kappa shape index (κ3) is 2.30. The SMILES string of the molecule is CCCCCc1cc(=O)[nH]c2cc3c(cc12)OCO3. The summed E-state index contributed by atoms with van der Waals surface area (Å²) in [5.41, 5.74) is 1.85. The average Bonchev–Trinajstić information content (AvgIpc) is 2.83. The van der Waals surface area contributed by atoms with Crippen molar-refractivity contribution in [3.8, 4) is 11.5 Å². The summed E-state index contributed by atoms with van der Waals surface area (Å²) >= 11 is 0. The highest BCUT2D eigenvalue weighted by Gasteiger charge is 2.16. The fraction of sp³-hybridized carbons (Fsp3) is 0.400. The molecule has 0 aliphatic carbocycles. The van der Waals surface area contributed by atoms with Crippen molar-refractivity contribution in [3.63, 3.8) is 0 Å². The van der Waals surface area contributed by atoms with Gasteiger partial charge in [0.15, 0.2) is 11.5 Å². The Morgan fingerprint density at radius 3 is 2.74 bits per heavy atom. The number of nitrogens with one attached hydrogen (secondary N) is 1. The van der Waals surface area contributed by atoms with E-state index in [1.54, 1.807) is 6.07 Å². The molecule has 1 aromatic heterocycles. The third-order valence-electron chi connectivity index (χ3n) is 3.47. The van der Waals surface area contributed by atoms with Gasteiger partial charge in [0.05, 0.1) is 5.52 Å². The van der Waals surface area contributed by atoms with E-state index in [0.717, 1.165) is 35.1 Å². The van der Waals surface area contributed by atoms with Crippen LogP contribution < -0.4 is 15.0 Å². The Labute approximate surface area is 111 Å². The molecule has 0 radical (unpaired) electrons. The fourth-order valence-electron chi connectivity index (χ4n) is 2.49. The first-order chi connectivity index (χ1) is 9.28. The number of fused-ring (bicyclic) bond motifs is 2. The Morgan fingerprint density at radius 1 is 1.16 bits per heavy atom. The Morgan fingerprint density at radius 2 is 1.95 bits per heavy atom. The number of H-pyrrole nitrogens is 1. The zero-order valence-electron chi connectivity index (χ0n) is 11.0. The predicted octanol–water partition coefficient (Wildman–Crippen LogP) is 2.99. The lowest BCUT2D eigenvalue weighted by Crippen LogP contribution is -2.06. The summed E-state index contributed by atoms with van der Waals surface area (Å²) in [5, 5.41) is 1.06. The maximum absolute atomic E-state index is 11.7. The molecule has 0 saturated heterocycles. The van der Waals surface area contributed by atoms with Crippen LogP contribution in [0.15, 0.2) is 23.0 Å². The predicted molar refractivity (Wildman–Crippen MR) is 73.9 cm³/mol. The van der Waals surface area contributed by atoms with Crippen molar-refractivity contribution in [3.05, 3.63) is 34.1 Å². The number of hydrogen-bond donors (Lipinski definition) is 1. The summed E-state index contributed by atoms with van der Waals surface area (Å²) in [6.45, 7) is 2.43. The Balaban J connectivity index is 2.07. The van der Waals surface area contributed by atoms with E-state index in [4.69, 9.17) is 9.47 Å². The first kappa shape index (κ1) is 12.1. The maximum atomic E-state index is 11.7. The highest BCUT2D eigenvalue weighted by Crippen LogP contribution is 2.36. The van der Waals surface area contributed by atoms with E-state index in [2.05, 4.69) is 11.9 Å². The highest BCUT2D eigenvalue weighted by molar-refractivity contribution is 5.85. The van der Waals surface area contributed by atoms with E-state index in [0.29, 0.717) is 5.75 Å². The van der Waals surface area contributed by atoms with Crippen molar-refractivity contribution in [2.45, 2.75) is 32.6 Å². The van der Waals surface area contributed by atoms with Gasteiger partial charge in [0, 0.05) is 17.5 Å². The summed E-state index contributed by atoms with van der Waals surface area (Å²) in [5.74, 6) is 1.46. The van der Waals surface area contributed by atoms with Crippen molar-refractivity contribution >= 4 is 10.9 Å². The van der Waals surface area contributed by atoms with Gasteiger partial charge in [-0.3, -0.25) is 4.79 Å². The monoisotopic (exact) mass is 259 g/mol. The number of aryl methyl sites for hydroxylation is 1. The van der Waals surface area contributed by atoms with E-state index in [1.807, 2.05) is 12.1 Å². The van der Waals surface area contributed by atoms with Gasteiger partial charge in [-0.2, -0.15) is 0 Å². The molecule has 1 N–H and O–H groups in total. The van der Waals surface area contributed by atoms with Gasteiger partial charge in [0.2, 0.25) is 12.4 Å². The molecule has 2 aromatic rings. The van der Waals surface area contributed by atoms with Crippen molar-refractivity contribution in [2.24, 2.45) is 0 Å². The lowest BCUT2D eigenvalue weighted by Gasteiger charge is -2.07. The van der Waals surface area contributed by atoms with Gasteiger partial charge >= 0.3 is 0 Å². The van der Waals surface area contributed by atoms with Crippen LogP contribution in [0.2, 0.25) is 0 Å². The minimum Gasteiger partial charge on any atom is -0.454 e. The Kier molecular flexibility index (Phi) is 3.15. The topological polar surface area (TPSA) is 51.3 Å². The molecule has 4 nitrogen and oxygen atoms in total. The van der Waals surface area contributed by atoms with Crippen molar-refractivity contribution in [1.82, 2.24) is 4.98 Å². The molecule has 3 rings (SSSR count). The van der Waals surface area contributed by atoms with E-state index in [-0.39, 0.29) is 12.4 Å². The molecular weight excluding hydrogens is 242 g/mol. The van der Waals surface area contributed by atoms with Crippen LogP contribution in [0.25, 0.3) is 10.9 Å². The minimum atomic E-state index is -0.0575. The normalized spacial score (nSPS) is 13.1.